The first kappa shape index (κ1) is 10.9. The van der Waals surface area contributed by atoms with Crippen LogP contribution in [0.15, 0.2) is 0 Å². The van der Waals surface area contributed by atoms with E-state index in [2.05, 4.69) is 0 Å². The first-order valence-corrected chi connectivity index (χ1v) is 5.75. The minimum atomic E-state index is -0.188. The summed E-state index contributed by atoms with van der Waals surface area (Å²) in [5, 5.41) is 10.4. The van der Waals surface area contributed by atoms with Crippen molar-refractivity contribution in [2.45, 2.75) is 44.6 Å². The van der Waals surface area contributed by atoms with Crippen molar-refractivity contribution in [1.29, 1.82) is 0 Å². The largest absolute Gasteiger partial charge is 0.396 e. The van der Waals surface area contributed by atoms with Crippen LogP contribution in [0.3, 0.4) is 0 Å². The minimum absolute atomic E-state index is 0.0807. The van der Waals surface area contributed by atoms with E-state index >= 15 is 0 Å². The van der Waals surface area contributed by atoms with Crippen molar-refractivity contribution in [3.05, 3.63) is 0 Å². The van der Waals surface area contributed by atoms with Gasteiger partial charge in [-0.15, -0.1) is 0 Å². The summed E-state index contributed by atoms with van der Waals surface area (Å²) in [7, 11) is 0. The second-order valence-electron chi connectivity index (χ2n) is 4.90. The van der Waals surface area contributed by atoms with Gasteiger partial charge in [0.25, 0.3) is 0 Å². The summed E-state index contributed by atoms with van der Waals surface area (Å²) in [5.41, 5.74) is -0.188. The fourth-order valence-corrected chi connectivity index (χ4v) is 2.45. The van der Waals surface area contributed by atoms with E-state index in [0.717, 1.165) is 25.7 Å². The third-order valence-electron chi connectivity index (χ3n) is 3.36. The summed E-state index contributed by atoms with van der Waals surface area (Å²) in [6, 6.07) is 0. The van der Waals surface area contributed by atoms with Crippen molar-refractivity contribution in [2.75, 3.05) is 13.2 Å². The number of carbonyl (C=O) groups excluding carboxylic acids is 1. The molecule has 1 unspecified atom stereocenters. The zero-order valence-electron chi connectivity index (χ0n) is 9.24. The van der Waals surface area contributed by atoms with Crippen LogP contribution in [0.2, 0.25) is 0 Å². The second kappa shape index (κ2) is 4.10. The minimum Gasteiger partial charge on any atom is -0.396 e. The molecule has 86 valence electrons. The molecule has 4 nitrogen and oxygen atoms in total. The van der Waals surface area contributed by atoms with Gasteiger partial charge in [-0.25, -0.2) is 5.06 Å². The number of rotatable bonds is 3. The van der Waals surface area contributed by atoms with E-state index in [9.17, 15) is 4.79 Å². The van der Waals surface area contributed by atoms with Gasteiger partial charge in [-0.05, 0) is 18.8 Å². The van der Waals surface area contributed by atoms with Crippen molar-refractivity contribution in [2.24, 2.45) is 5.92 Å². The van der Waals surface area contributed by atoms with E-state index in [1.54, 1.807) is 0 Å². The number of aliphatic hydroxyl groups excluding tert-OH is 1. The third-order valence-corrected chi connectivity index (χ3v) is 3.36. The van der Waals surface area contributed by atoms with E-state index in [0.29, 0.717) is 13.0 Å². The van der Waals surface area contributed by atoms with Gasteiger partial charge >= 0.3 is 0 Å². The summed E-state index contributed by atoms with van der Waals surface area (Å²) in [6.45, 7) is 2.52. The number of hydrogen-bond donors (Lipinski definition) is 1. The normalized spacial score (nSPS) is 26.5. The quantitative estimate of drug-likeness (QED) is 0.763. The van der Waals surface area contributed by atoms with Crippen LogP contribution in [0.5, 0.6) is 0 Å². The summed E-state index contributed by atoms with van der Waals surface area (Å²) in [6.07, 6.45) is 4.87. The maximum Gasteiger partial charge on any atom is 0.249 e. The smallest absolute Gasteiger partial charge is 0.249 e. The highest BCUT2D eigenvalue weighted by Gasteiger charge is 2.46. The van der Waals surface area contributed by atoms with Gasteiger partial charge in [0.15, 0.2) is 0 Å². The molecule has 1 heterocycles. The second-order valence-corrected chi connectivity index (χ2v) is 4.90. The molecule has 0 aromatic carbocycles. The van der Waals surface area contributed by atoms with Gasteiger partial charge in [0, 0.05) is 6.61 Å². The Kier molecular flexibility index (Phi) is 2.98. The standard InChI is InChI=1S/C11H19NO3/c1-9(8-13)7-12-10(14)6-11(15-12)4-2-3-5-11/h9,13H,2-8H2,1H3. The maximum absolute atomic E-state index is 11.7. The Labute approximate surface area is 90.2 Å². The van der Waals surface area contributed by atoms with Gasteiger partial charge < -0.3 is 5.11 Å². The number of hydroxylamine groups is 2. The molecule has 1 amide bonds. The molecule has 0 aromatic heterocycles. The van der Waals surface area contributed by atoms with Crippen LogP contribution in [0, 0.1) is 5.92 Å². The Balaban J connectivity index is 1.95. The van der Waals surface area contributed by atoms with E-state index in [4.69, 9.17) is 9.94 Å². The summed E-state index contributed by atoms with van der Waals surface area (Å²) >= 11 is 0. The van der Waals surface area contributed by atoms with Gasteiger partial charge in [0.05, 0.1) is 13.0 Å². The van der Waals surface area contributed by atoms with Gasteiger partial charge in [-0.1, -0.05) is 19.8 Å². The lowest BCUT2D eigenvalue weighted by Crippen LogP contribution is -2.32. The van der Waals surface area contributed by atoms with E-state index < -0.39 is 0 Å². The van der Waals surface area contributed by atoms with Crippen LogP contribution in [-0.4, -0.2) is 34.8 Å². The Bertz CT molecular complexity index is 248. The first-order valence-electron chi connectivity index (χ1n) is 5.75. The highest BCUT2D eigenvalue weighted by atomic mass is 16.7. The molecule has 4 heteroatoms. The van der Waals surface area contributed by atoms with Crippen LogP contribution in [0.4, 0.5) is 0 Å². The molecule has 15 heavy (non-hydrogen) atoms. The van der Waals surface area contributed by atoms with E-state index in [-0.39, 0.29) is 24.0 Å². The van der Waals surface area contributed by atoms with Crippen LogP contribution in [0.1, 0.15) is 39.0 Å². The van der Waals surface area contributed by atoms with Gasteiger partial charge in [-0.3, -0.25) is 9.63 Å². The van der Waals surface area contributed by atoms with Crippen molar-refractivity contribution >= 4 is 5.91 Å². The monoisotopic (exact) mass is 213 g/mol. The molecule has 2 aliphatic rings. The molecule has 1 atom stereocenters. The molecule has 2 fully saturated rings. The lowest BCUT2D eigenvalue weighted by atomic mass is 9.99. The fraction of sp³-hybridized carbons (Fsp3) is 0.909. The topological polar surface area (TPSA) is 49.8 Å². The maximum atomic E-state index is 11.7. The molecular formula is C11H19NO3. The van der Waals surface area contributed by atoms with Crippen molar-refractivity contribution in [3.63, 3.8) is 0 Å². The summed E-state index contributed by atoms with van der Waals surface area (Å²) in [5.74, 6) is 0.169. The molecule has 1 aliphatic carbocycles. The van der Waals surface area contributed by atoms with Gasteiger partial charge in [0.1, 0.15) is 5.60 Å². The predicted octanol–water partition coefficient (Wildman–Crippen LogP) is 1.09. The first-order chi connectivity index (χ1) is 7.15. The lowest BCUT2D eigenvalue weighted by molar-refractivity contribution is -0.202. The molecule has 0 bridgehead atoms. The Morgan fingerprint density at radius 1 is 1.53 bits per heavy atom. The Morgan fingerprint density at radius 3 is 2.80 bits per heavy atom. The van der Waals surface area contributed by atoms with Crippen LogP contribution >= 0.6 is 0 Å². The molecule has 0 radical (unpaired) electrons. The van der Waals surface area contributed by atoms with Gasteiger partial charge in [0.2, 0.25) is 5.91 Å². The Morgan fingerprint density at radius 2 is 2.20 bits per heavy atom. The van der Waals surface area contributed by atoms with Crippen molar-refractivity contribution in [1.82, 2.24) is 5.06 Å². The third kappa shape index (κ3) is 2.16. The number of aliphatic hydroxyl groups is 1. The number of amides is 1. The lowest BCUT2D eigenvalue weighted by Gasteiger charge is -2.24. The number of nitrogens with zero attached hydrogens (tertiary/aromatic N) is 1. The molecule has 1 N–H and O–H groups in total. The molecular weight excluding hydrogens is 194 g/mol. The molecule has 1 spiro atoms. The van der Waals surface area contributed by atoms with E-state index in [1.165, 1.54) is 5.06 Å². The predicted molar refractivity (Wildman–Crippen MR) is 54.9 cm³/mol. The summed E-state index contributed by atoms with van der Waals surface area (Å²) < 4.78 is 0. The molecule has 1 saturated carbocycles. The molecule has 0 aromatic rings. The van der Waals surface area contributed by atoms with Crippen molar-refractivity contribution < 1.29 is 14.7 Å². The fourth-order valence-electron chi connectivity index (χ4n) is 2.45. The van der Waals surface area contributed by atoms with Crippen LogP contribution in [0.25, 0.3) is 0 Å². The highest BCUT2D eigenvalue weighted by molar-refractivity contribution is 5.78. The molecule has 2 rings (SSSR count). The number of carbonyl (C=O) groups is 1. The molecule has 1 saturated heterocycles. The zero-order chi connectivity index (χ0) is 10.9. The van der Waals surface area contributed by atoms with Crippen LogP contribution in [-0.2, 0) is 9.63 Å². The average Bonchev–Trinajstić information content (AvgIpc) is 2.76. The Hall–Kier alpha value is -0.610. The van der Waals surface area contributed by atoms with E-state index in [1.807, 2.05) is 6.92 Å². The SMILES string of the molecule is CC(CO)CN1OC2(CCCC2)CC1=O. The average molecular weight is 213 g/mol. The van der Waals surface area contributed by atoms with Gasteiger partial charge in [-0.2, -0.15) is 0 Å². The number of hydrogen-bond acceptors (Lipinski definition) is 3. The summed E-state index contributed by atoms with van der Waals surface area (Å²) in [4.78, 5) is 17.5. The highest BCUT2D eigenvalue weighted by Crippen LogP contribution is 2.41. The zero-order valence-corrected chi connectivity index (χ0v) is 9.24. The molecule has 1 aliphatic heterocycles. The van der Waals surface area contributed by atoms with Crippen molar-refractivity contribution in [3.8, 4) is 0 Å². The van der Waals surface area contributed by atoms with Crippen LogP contribution < -0.4 is 0 Å².